The summed E-state index contributed by atoms with van der Waals surface area (Å²) >= 11 is 7.41. The fourth-order valence-electron chi connectivity index (χ4n) is 2.23. The Hall–Kier alpha value is -1.45. The van der Waals surface area contributed by atoms with E-state index in [-0.39, 0.29) is 17.2 Å². The van der Waals surface area contributed by atoms with Crippen LogP contribution in [-0.2, 0) is 11.2 Å². The molecule has 0 bridgehead atoms. The van der Waals surface area contributed by atoms with E-state index in [1.165, 1.54) is 17.3 Å². The first-order valence-corrected chi connectivity index (χ1v) is 9.06. The van der Waals surface area contributed by atoms with Gasteiger partial charge >= 0.3 is 0 Å². The standard InChI is InChI=1S/C19H22ClNOS/c1-4-15-5-7-16(8-6-15)13(2)21-19(22)14(3)23-18-11-9-17(20)10-12-18/h5-14H,4H2,1-3H3,(H,21,22)/t13-,14-/m0/s1. The van der Waals surface area contributed by atoms with Crippen molar-refractivity contribution in [1.82, 2.24) is 5.32 Å². The third kappa shape index (κ3) is 5.29. The second-order valence-electron chi connectivity index (χ2n) is 5.54. The predicted molar refractivity (Wildman–Crippen MR) is 99.1 cm³/mol. The smallest absolute Gasteiger partial charge is 0.233 e. The molecule has 0 saturated carbocycles. The van der Waals surface area contributed by atoms with Gasteiger partial charge in [0.15, 0.2) is 0 Å². The van der Waals surface area contributed by atoms with Crippen LogP contribution < -0.4 is 5.32 Å². The number of hydrogen-bond donors (Lipinski definition) is 1. The number of thioether (sulfide) groups is 1. The van der Waals surface area contributed by atoms with Gasteiger partial charge in [-0.25, -0.2) is 0 Å². The second-order valence-corrected chi connectivity index (χ2v) is 7.39. The molecule has 23 heavy (non-hydrogen) atoms. The van der Waals surface area contributed by atoms with Crippen molar-refractivity contribution in [3.63, 3.8) is 0 Å². The summed E-state index contributed by atoms with van der Waals surface area (Å²) in [4.78, 5) is 13.4. The number of halogens is 1. The van der Waals surface area contributed by atoms with E-state index in [1.54, 1.807) is 0 Å². The predicted octanol–water partition coefficient (Wildman–Crippen LogP) is 5.26. The summed E-state index contributed by atoms with van der Waals surface area (Å²) in [6.45, 7) is 6.07. The van der Waals surface area contributed by atoms with Crippen molar-refractivity contribution in [3.05, 3.63) is 64.7 Å². The van der Waals surface area contributed by atoms with Crippen molar-refractivity contribution < 1.29 is 4.79 Å². The molecule has 2 aromatic rings. The molecule has 0 radical (unpaired) electrons. The largest absolute Gasteiger partial charge is 0.349 e. The average Bonchev–Trinajstić information content (AvgIpc) is 2.56. The minimum absolute atomic E-state index is 0.00155. The van der Waals surface area contributed by atoms with Crippen LogP contribution in [0, 0.1) is 0 Å². The summed E-state index contributed by atoms with van der Waals surface area (Å²) in [5.74, 6) is 0.0389. The third-order valence-corrected chi connectivity index (χ3v) is 5.11. The van der Waals surface area contributed by atoms with Crippen LogP contribution in [-0.4, -0.2) is 11.2 Å². The highest BCUT2D eigenvalue weighted by molar-refractivity contribution is 8.00. The maximum atomic E-state index is 12.4. The van der Waals surface area contributed by atoms with Crippen LogP contribution in [0.3, 0.4) is 0 Å². The van der Waals surface area contributed by atoms with Crippen LogP contribution in [0.4, 0.5) is 0 Å². The molecule has 4 heteroatoms. The van der Waals surface area contributed by atoms with Crippen molar-refractivity contribution in [3.8, 4) is 0 Å². The van der Waals surface area contributed by atoms with Gasteiger partial charge in [-0.2, -0.15) is 0 Å². The minimum Gasteiger partial charge on any atom is -0.349 e. The Labute approximate surface area is 147 Å². The number of amides is 1. The highest BCUT2D eigenvalue weighted by Crippen LogP contribution is 2.25. The minimum atomic E-state index is -0.159. The monoisotopic (exact) mass is 347 g/mol. The van der Waals surface area contributed by atoms with Gasteiger partial charge in [-0.1, -0.05) is 42.8 Å². The molecule has 0 aliphatic heterocycles. The molecule has 1 amide bonds. The lowest BCUT2D eigenvalue weighted by Gasteiger charge is -2.18. The zero-order valence-electron chi connectivity index (χ0n) is 13.7. The number of hydrogen-bond acceptors (Lipinski definition) is 2. The van der Waals surface area contributed by atoms with Crippen LogP contribution in [0.25, 0.3) is 0 Å². The van der Waals surface area contributed by atoms with Gasteiger partial charge in [0.25, 0.3) is 0 Å². The number of aryl methyl sites for hydroxylation is 1. The van der Waals surface area contributed by atoms with E-state index < -0.39 is 0 Å². The van der Waals surface area contributed by atoms with Crippen LogP contribution >= 0.6 is 23.4 Å². The molecule has 0 aliphatic carbocycles. The molecule has 122 valence electrons. The maximum absolute atomic E-state index is 12.4. The number of benzene rings is 2. The Balaban J connectivity index is 1.92. The fraction of sp³-hybridized carbons (Fsp3) is 0.316. The Morgan fingerprint density at radius 3 is 2.26 bits per heavy atom. The van der Waals surface area contributed by atoms with Crippen molar-refractivity contribution in [1.29, 1.82) is 0 Å². The Morgan fingerprint density at radius 2 is 1.70 bits per heavy atom. The van der Waals surface area contributed by atoms with Crippen LogP contribution in [0.5, 0.6) is 0 Å². The molecule has 0 heterocycles. The van der Waals surface area contributed by atoms with E-state index in [0.29, 0.717) is 5.02 Å². The van der Waals surface area contributed by atoms with Gasteiger partial charge in [0, 0.05) is 9.92 Å². The summed E-state index contributed by atoms with van der Waals surface area (Å²) in [5, 5.41) is 3.62. The van der Waals surface area contributed by atoms with E-state index in [0.717, 1.165) is 16.9 Å². The van der Waals surface area contributed by atoms with E-state index in [4.69, 9.17) is 11.6 Å². The molecule has 1 N–H and O–H groups in total. The molecule has 2 nitrogen and oxygen atoms in total. The van der Waals surface area contributed by atoms with Gasteiger partial charge in [-0.05, 0) is 55.7 Å². The summed E-state index contributed by atoms with van der Waals surface area (Å²) in [5.41, 5.74) is 2.43. The Kier molecular flexibility index (Phi) is 6.55. The quantitative estimate of drug-likeness (QED) is 0.722. The van der Waals surface area contributed by atoms with Crippen molar-refractivity contribution >= 4 is 29.3 Å². The number of rotatable bonds is 6. The Bertz CT molecular complexity index is 639. The summed E-state index contributed by atoms with van der Waals surface area (Å²) in [6.07, 6.45) is 1.02. The summed E-state index contributed by atoms with van der Waals surface area (Å²) in [7, 11) is 0. The van der Waals surface area contributed by atoms with E-state index in [1.807, 2.05) is 38.1 Å². The van der Waals surface area contributed by atoms with E-state index in [2.05, 4.69) is 36.5 Å². The van der Waals surface area contributed by atoms with Crippen molar-refractivity contribution in [2.45, 2.75) is 43.4 Å². The van der Waals surface area contributed by atoms with E-state index >= 15 is 0 Å². The molecule has 2 atom stereocenters. The molecule has 0 unspecified atom stereocenters. The van der Waals surface area contributed by atoms with Crippen molar-refractivity contribution in [2.75, 3.05) is 0 Å². The van der Waals surface area contributed by atoms with E-state index in [9.17, 15) is 4.79 Å². The van der Waals surface area contributed by atoms with Gasteiger partial charge < -0.3 is 5.32 Å². The molecule has 2 rings (SSSR count). The maximum Gasteiger partial charge on any atom is 0.233 e. The zero-order valence-corrected chi connectivity index (χ0v) is 15.2. The molecule has 0 spiro atoms. The number of nitrogens with one attached hydrogen (secondary N) is 1. The molecule has 0 aromatic heterocycles. The fourth-order valence-corrected chi connectivity index (χ4v) is 3.23. The van der Waals surface area contributed by atoms with Crippen LogP contribution in [0.15, 0.2) is 53.4 Å². The van der Waals surface area contributed by atoms with Gasteiger partial charge in [0.1, 0.15) is 0 Å². The van der Waals surface area contributed by atoms with Gasteiger partial charge in [0.05, 0.1) is 11.3 Å². The molecule has 0 fully saturated rings. The SMILES string of the molecule is CCc1ccc([C@H](C)NC(=O)[C@H](C)Sc2ccc(Cl)cc2)cc1. The molecule has 2 aromatic carbocycles. The normalized spacial score (nSPS) is 13.4. The van der Waals surface area contributed by atoms with Crippen LogP contribution in [0.2, 0.25) is 5.02 Å². The Morgan fingerprint density at radius 1 is 1.09 bits per heavy atom. The molecule has 0 aliphatic rings. The highest BCUT2D eigenvalue weighted by atomic mass is 35.5. The molecular formula is C19H22ClNOS. The lowest BCUT2D eigenvalue weighted by Crippen LogP contribution is -2.33. The molecule has 0 saturated heterocycles. The van der Waals surface area contributed by atoms with Gasteiger partial charge in [-0.15, -0.1) is 11.8 Å². The lowest BCUT2D eigenvalue weighted by atomic mass is 10.0. The van der Waals surface area contributed by atoms with Crippen LogP contribution in [0.1, 0.15) is 37.9 Å². The van der Waals surface area contributed by atoms with Gasteiger partial charge in [-0.3, -0.25) is 4.79 Å². The molecular weight excluding hydrogens is 326 g/mol. The van der Waals surface area contributed by atoms with Gasteiger partial charge in [0.2, 0.25) is 5.91 Å². The summed E-state index contributed by atoms with van der Waals surface area (Å²) in [6, 6.07) is 15.9. The third-order valence-electron chi connectivity index (χ3n) is 3.74. The zero-order chi connectivity index (χ0) is 16.8. The first-order valence-electron chi connectivity index (χ1n) is 7.81. The number of carbonyl (C=O) groups is 1. The second kappa shape index (κ2) is 8.42. The highest BCUT2D eigenvalue weighted by Gasteiger charge is 2.17. The topological polar surface area (TPSA) is 29.1 Å². The average molecular weight is 348 g/mol. The number of carbonyl (C=O) groups excluding carboxylic acids is 1. The first-order chi connectivity index (χ1) is 11.0. The lowest BCUT2D eigenvalue weighted by molar-refractivity contribution is -0.120. The van der Waals surface area contributed by atoms with Crippen molar-refractivity contribution in [2.24, 2.45) is 0 Å². The first kappa shape index (κ1) is 17.9. The summed E-state index contributed by atoms with van der Waals surface area (Å²) < 4.78 is 0.